The number of allylic oxidation sites excluding steroid dienone is 1. The number of nitrogens with one attached hydrogen (secondary N) is 1. The van der Waals surface area contributed by atoms with Crippen LogP contribution in [0, 0.1) is 0 Å². The minimum absolute atomic E-state index is 0.296. The van der Waals surface area contributed by atoms with Crippen molar-refractivity contribution in [3.63, 3.8) is 0 Å². The molecule has 5 nitrogen and oxygen atoms in total. The lowest BCUT2D eigenvalue weighted by Crippen LogP contribution is -2.22. The first-order valence-electron chi connectivity index (χ1n) is 5.40. The van der Waals surface area contributed by atoms with Crippen LogP contribution in [0.3, 0.4) is 0 Å². The highest BCUT2D eigenvalue weighted by Gasteiger charge is 2.06. The Balaban J connectivity index is 2.76. The molecule has 0 aliphatic carbocycles. The number of hydrogen-bond acceptors (Lipinski definition) is 3. The average Bonchev–Trinajstić information content (AvgIpc) is 2.27. The van der Waals surface area contributed by atoms with Crippen molar-refractivity contribution in [2.45, 2.75) is 6.92 Å². The van der Waals surface area contributed by atoms with Crippen LogP contribution in [-0.2, 0) is 4.79 Å². The summed E-state index contributed by atoms with van der Waals surface area (Å²) in [5, 5.41) is 11.0. The summed E-state index contributed by atoms with van der Waals surface area (Å²) in [7, 11) is 3.82. The molecule has 1 amide bonds. The molecule has 0 saturated carbocycles. The normalized spacial score (nSPS) is 10.9. The maximum atomic E-state index is 11.8. The molecule has 0 spiro atoms. The van der Waals surface area contributed by atoms with E-state index in [0.29, 0.717) is 11.3 Å². The Morgan fingerprint density at radius 1 is 1.22 bits per heavy atom. The molecule has 0 aromatic heterocycles. The van der Waals surface area contributed by atoms with Crippen LogP contribution >= 0.6 is 0 Å². The van der Waals surface area contributed by atoms with Crippen molar-refractivity contribution in [2.24, 2.45) is 0 Å². The highest BCUT2D eigenvalue weighted by Crippen LogP contribution is 2.12. The van der Waals surface area contributed by atoms with Crippen LogP contribution in [-0.4, -0.2) is 31.1 Å². The minimum atomic E-state index is -1.09. The SMILES string of the molecule is C/C(=C/C(=O)O)NC(=O)c1ccc(N(C)C)cc1. The van der Waals surface area contributed by atoms with E-state index in [9.17, 15) is 9.59 Å². The van der Waals surface area contributed by atoms with Crippen molar-refractivity contribution in [2.75, 3.05) is 19.0 Å². The standard InChI is InChI=1S/C13H16N2O3/c1-9(8-12(16)17)14-13(18)10-4-6-11(7-5-10)15(2)3/h4-8H,1-3H3,(H,14,18)(H,16,17)/b9-8-. The predicted octanol–water partition coefficient (Wildman–Crippen LogP) is 1.47. The third-order valence-corrected chi connectivity index (χ3v) is 2.30. The minimum Gasteiger partial charge on any atom is -0.478 e. The average molecular weight is 248 g/mol. The zero-order valence-electron chi connectivity index (χ0n) is 10.6. The van der Waals surface area contributed by atoms with Crippen molar-refractivity contribution >= 4 is 17.6 Å². The second-order valence-corrected chi connectivity index (χ2v) is 4.06. The quantitative estimate of drug-likeness (QED) is 0.792. The molecule has 2 N–H and O–H groups in total. The van der Waals surface area contributed by atoms with Crippen molar-refractivity contribution in [1.82, 2.24) is 5.32 Å². The van der Waals surface area contributed by atoms with Crippen molar-refractivity contribution in [3.8, 4) is 0 Å². The second kappa shape index (κ2) is 5.86. The molecule has 0 atom stereocenters. The lowest BCUT2D eigenvalue weighted by atomic mass is 10.2. The molecule has 0 aliphatic heterocycles. The number of benzene rings is 1. The number of aliphatic carboxylic acids is 1. The van der Waals surface area contributed by atoms with Gasteiger partial charge in [0.2, 0.25) is 0 Å². The van der Waals surface area contributed by atoms with E-state index >= 15 is 0 Å². The summed E-state index contributed by atoms with van der Waals surface area (Å²) >= 11 is 0. The maximum absolute atomic E-state index is 11.8. The monoisotopic (exact) mass is 248 g/mol. The predicted molar refractivity (Wildman–Crippen MR) is 69.6 cm³/mol. The zero-order chi connectivity index (χ0) is 13.7. The fourth-order valence-corrected chi connectivity index (χ4v) is 1.38. The summed E-state index contributed by atoms with van der Waals surface area (Å²) in [6.45, 7) is 1.53. The van der Waals surface area contributed by atoms with Gasteiger partial charge in [0, 0.05) is 37.1 Å². The summed E-state index contributed by atoms with van der Waals surface area (Å²) in [6, 6.07) is 7.04. The summed E-state index contributed by atoms with van der Waals surface area (Å²) in [5.74, 6) is -1.41. The first kappa shape index (κ1) is 13.8. The van der Waals surface area contributed by atoms with Crippen molar-refractivity contribution < 1.29 is 14.7 Å². The molecule has 0 heterocycles. The van der Waals surface area contributed by atoms with Crippen LogP contribution in [0.4, 0.5) is 5.69 Å². The van der Waals surface area contributed by atoms with E-state index in [0.717, 1.165) is 11.8 Å². The number of anilines is 1. The molecule has 1 aromatic rings. The molecular formula is C13H16N2O3. The number of carboxylic acid groups (broad SMARTS) is 1. The Bertz CT molecular complexity index is 476. The van der Waals surface area contributed by atoms with Crippen molar-refractivity contribution in [3.05, 3.63) is 41.6 Å². The first-order valence-corrected chi connectivity index (χ1v) is 5.40. The molecular weight excluding hydrogens is 232 g/mol. The highest BCUT2D eigenvalue weighted by molar-refractivity contribution is 5.96. The first-order chi connectivity index (χ1) is 8.40. The van der Waals surface area contributed by atoms with Gasteiger partial charge in [-0.2, -0.15) is 0 Å². The van der Waals surface area contributed by atoms with Crippen LogP contribution < -0.4 is 10.2 Å². The van der Waals surface area contributed by atoms with E-state index in [2.05, 4.69) is 5.32 Å². The van der Waals surface area contributed by atoms with E-state index in [1.165, 1.54) is 6.92 Å². The van der Waals surface area contributed by atoms with E-state index in [1.807, 2.05) is 31.1 Å². The lowest BCUT2D eigenvalue weighted by Gasteiger charge is -2.12. The Hall–Kier alpha value is -2.30. The molecule has 1 aromatic carbocycles. The van der Waals surface area contributed by atoms with Gasteiger partial charge in [0.05, 0.1) is 0 Å². The third-order valence-electron chi connectivity index (χ3n) is 2.30. The van der Waals surface area contributed by atoms with Crippen LogP contribution in [0.5, 0.6) is 0 Å². The Kier molecular flexibility index (Phi) is 4.48. The van der Waals surface area contributed by atoms with E-state index in [4.69, 9.17) is 5.11 Å². The smallest absolute Gasteiger partial charge is 0.330 e. The zero-order valence-corrected chi connectivity index (χ0v) is 10.6. The largest absolute Gasteiger partial charge is 0.478 e. The topological polar surface area (TPSA) is 69.6 Å². The van der Waals surface area contributed by atoms with E-state index in [1.54, 1.807) is 12.1 Å². The maximum Gasteiger partial charge on any atom is 0.330 e. The van der Waals surface area contributed by atoms with Crippen LogP contribution in [0.1, 0.15) is 17.3 Å². The fourth-order valence-electron chi connectivity index (χ4n) is 1.38. The van der Waals surface area contributed by atoms with Gasteiger partial charge in [0.1, 0.15) is 0 Å². The summed E-state index contributed by atoms with van der Waals surface area (Å²) < 4.78 is 0. The van der Waals surface area contributed by atoms with Crippen LogP contribution in [0.2, 0.25) is 0 Å². The number of carboxylic acids is 1. The molecule has 0 fully saturated rings. The molecule has 96 valence electrons. The van der Waals surface area contributed by atoms with Gasteiger partial charge in [-0.3, -0.25) is 4.79 Å². The second-order valence-electron chi connectivity index (χ2n) is 4.06. The number of amides is 1. The molecule has 18 heavy (non-hydrogen) atoms. The van der Waals surface area contributed by atoms with Crippen LogP contribution in [0.15, 0.2) is 36.0 Å². The van der Waals surface area contributed by atoms with Crippen LogP contribution in [0.25, 0.3) is 0 Å². The Morgan fingerprint density at radius 2 is 1.78 bits per heavy atom. The lowest BCUT2D eigenvalue weighted by molar-refractivity contribution is -0.131. The molecule has 0 radical (unpaired) electrons. The molecule has 0 bridgehead atoms. The molecule has 0 aliphatic rings. The molecule has 0 unspecified atom stereocenters. The van der Waals surface area contributed by atoms with Gasteiger partial charge in [-0.05, 0) is 31.2 Å². The Morgan fingerprint density at radius 3 is 2.22 bits per heavy atom. The molecule has 0 saturated heterocycles. The fraction of sp³-hybridized carbons (Fsp3) is 0.231. The van der Waals surface area contributed by atoms with E-state index < -0.39 is 5.97 Å². The number of carbonyl (C=O) groups excluding carboxylic acids is 1. The Labute approximate surface area is 106 Å². The van der Waals surface area contributed by atoms with E-state index in [-0.39, 0.29) is 5.91 Å². The van der Waals surface area contributed by atoms with Gasteiger partial charge < -0.3 is 15.3 Å². The van der Waals surface area contributed by atoms with Gasteiger partial charge in [-0.25, -0.2) is 4.79 Å². The summed E-state index contributed by atoms with van der Waals surface area (Å²) in [4.78, 5) is 24.1. The summed E-state index contributed by atoms with van der Waals surface area (Å²) in [5.41, 5.74) is 1.77. The van der Waals surface area contributed by atoms with Gasteiger partial charge >= 0.3 is 5.97 Å². The van der Waals surface area contributed by atoms with Gasteiger partial charge in [-0.15, -0.1) is 0 Å². The van der Waals surface area contributed by atoms with Gasteiger partial charge in [0.15, 0.2) is 0 Å². The van der Waals surface area contributed by atoms with Gasteiger partial charge in [-0.1, -0.05) is 0 Å². The third kappa shape index (κ3) is 3.93. The summed E-state index contributed by atoms with van der Waals surface area (Å²) in [6.07, 6.45) is 0.950. The number of hydrogen-bond donors (Lipinski definition) is 2. The number of carbonyl (C=O) groups is 2. The number of rotatable bonds is 4. The molecule has 5 heteroatoms. The number of nitrogens with zero attached hydrogens (tertiary/aromatic N) is 1. The van der Waals surface area contributed by atoms with Crippen molar-refractivity contribution in [1.29, 1.82) is 0 Å². The molecule has 1 rings (SSSR count). The van der Waals surface area contributed by atoms with Gasteiger partial charge in [0.25, 0.3) is 5.91 Å². The highest BCUT2D eigenvalue weighted by atomic mass is 16.4.